The average Bonchev–Trinajstić information content (AvgIpc) is 3.01. The number of carbonyl (C=O) groups is 2. The maximum absolute atomic E-state index is 12.4. The second-order valence-corrected chi connectivity index (χ2v) is 12.1. The highest BCUT2D eigenvalue weighted by atomic mass is 32.2. The van der Waals surface area contributed by atoms with E-state index in [1.54, 1.807) is 23.7 Å². The molecule has 0 saturated heterocycles. The number of amides is 2. The van der Waals surface area contributed by atoms with E-state index in [0.29, 0.717) is 29.1 Å². The summed E-state index contributed by atoms with van der Waals surface area (Å²) in [5.41, 5.74) is 5.51. The molecule has 9 heteroatoms. The van der Waals surface area contributed by atoms with Gasteiger partial charge in [-0.05, 0) is 71.4 Å². The zero-order valence-electron chi connectivity index (χ0n) is 21.0. The third kappa shape index (κ3) is 6.36. The van der Waals surface area contributed by atoms with E-state index in [9.17, 15) is 18.0 Å². The van der Waals surface area contributed by atoms with Crippen LogP contribution >= 0.6 is 0 Å². The Morgan fingerprint density at radius 2 is 1.54 bits per heavy atom. The Morgan fingerprint density at radius 1 is 0.943 bits per heavy atom. The number of sulfonamides is 1. The molecule has 2 aromatic carbocycles. The van der Waals surface area contributed by atoms with Gasteiger partial charge in [0.25, 0.3) is 5.91 Å². The summed E-state index contributed by atoms with van der Waals surface area (Å²) in [5.74, 6) is -0.757. The van der Waals surface area contributed by atoms with Crippen LogP contribution in [0.5, 0.6) is 0 Å². The normalized spacial score (nSPS) is 11.8. The van der Waals surface area contributed by atoms with Crippen LogP contribution in [0.25, 0.3) is 0 Å². The monoisotopic (exact) mass is 496 g/mol. The zero-order chi connectivity index (χ0) is 26.0. The predicted molar refractivity (Wildman–Crippen MR) is 137 cm³/mol. The average molecular weight is 497 g/mol. The third-order valence-electron chi connectivity index (χ3n) is 5.78. The molecule has 0 aliphatic heterocycles. The quantitative estimate of drug-likeness (QED) is 0.516. The van der Waals surface area contributed by atoms with E-state index < -0.39 is 20.7 Å². The fourth-order valence-electron chi connectivity index (χ4n) is 3.42. The molecule has 0 atom stereocenters. The number of aryl methyl sites for hydroxylation is 2. The van der Waals surface area contributed by atoms with Crippen molar-refractivity contribution in [3.63, 3.8) is 0 Å². The van der Waals surface area contributed by atoms with Gasteiger partial charge in [0.15, 0.2) is 0 Å². The van der Waals surface area contributed by atoms with Gasteiger partial charge >= 0.3 is 0 Å². The van der Waals surface area contributed by atoms with Crippen LogP contribution in [0.3, 0.4) is 0 Å². The number of nitrogens with zero attached hydrogens (tertiary/aromatic N) is 2. The highest BCUT2D eigenvalue weighted by molar-refractivity contribution is 7.91. The molecule has 186 valence electrons. The van der Waals surface area contributed by atoms with Crippen LogP contribution in [-0.4, -0.2) is 34.8 Å². The van der Waals surface area contributed by atoms with Gasteiger partial charge < -0.3 is 5.32 Å². The molecule has 0 unspecified atom stereocenters. The van der Waals surface area contributed by atoms with Crippen LogP contribution in [0.1, 0.15) is 59.2 Å². The Balaban J connectivity index is 1.67. The summed E-state index contributed by atoms with van der Waals surface area (Å²) >= 11 is 0. The Bertz CT molecular complexity index is 1330. The summed E-state index contributed by atoms with van der Waals surface area (Å²) in [6.45, 7) is 10.7. The number of carbonyl (C=O) groups excluding carboxylic acids is 2. The van der Waals surface area contributed by atoms with Crippen molar-refractivity contribution < 1.29 is 18.0 Å². The minimum atomic E-state index is -3.77. The molecule has 8 nitrogen and oxygen atoms in total. The Kier molecular flexibility index (Phi) is 7.50. The summed E-state index contributed by atoms with van der Waals surface area (Å²) < 4.78 is 27.4. The maximum atomic E-state index is 12.4. The largest absolute Gasteiger partial charge is 0.322 e. The second kappa shape index (κ2) is 10.0. The molecule has 0 aliphatic carbocycles. The number of anilines is 1. The Labute approximate surface area is 206 Å². The number of rotatable bonds is 7. The van der Waals surface area contributed by atoms with Crippen molar-refractivity contribution in [1.82, 2.24) is 14.5 Å². The fraction of sp³-hybridized carbons (Fsp3) is 0.346. The first kappa shape index (κ1) is 26.2. The number of benzene rings is 2. The van der Waals surface area contributed by atoms with E-state index in [1.165, 1.54) is 20.8 Å². The molecule has 2 N–H and O–H groups in total. The number of aromatic nitrogens is 2. The molecule has 1 heterocycles. The highest BCUT2D eigenvalue weighted by Gasteiger charge is 2.31. The second-order valence-electron chi connectivity index (χ2n) is 9.64. The van der Waals surface area contributed by atoms with Gasteiger partial charge in [0.05, 0.1) is 23.4 Å². The van der Waals surface area contributed by atoms with Crippen LogP contribution < -0.4 is 10.0 Å². The molecular formula is C26H32N4O4S. The van der Waals surface area contributed by atoms with Crippen molar-refractivity contribution in [3.8, 4) is 0 Å². The number of nitrogens with one attached hydrogen (secondary N) is 2. The molecule has 3 rings (SSSR count). The van der Waals surface area contributed by atoms with Crippen molar-refractivity contribution in [2.45, 2.75) is 59.3 Å². The number of hydrogen-bond acceptors (Lipinski definition) is 5. The van der Waals surface area contributed by atoms with Gasteiger partial charge in [0.1, 0.15) is 0 Å². The smallest absolute Gasteiger partial charge is 0.255 e. The lowest BCUT2D eigenvalue weighted by Gasteiger charge is -2.19. The van der Waals surface area contributed by atoms with E-state index in [0.717, 1.165) is 16.8 Å². The van der Waals surface area contributed by atoms with Crippen molar-refractivity contribution in [1.29, 1.82) is 0 Å². The van der Waals surface area contributed by atoms with Crippen molar-refractivity contribution in [2.24, 2.45) is 0 Å². The Hall–Kier alpha value is -3.46. The standard InChI is InChI=1S/C26H32N4O4S/c1-17-7-11-21(12-8-17)25(32)27-22-13-9-20(10-14-22)16-30-19(3)23(18(2)28-30)15-24(31)29-35(33,34)26(4,5)6/h7-14H,15-16H2,1-6H3,(H,27,32)(H,29,31). The molecule has 1 aromatic heterocycles. The minimum Gasteiger partial charge on any atom is -0.322 e. The molecule has 0 radical (unpaired) electrons. The summed E-state index contributed by atoms with van der Waals surface area (Å²) in [4.78, 5) is 24.9. The van der Waals surface area contributed by atoms with Crippen molar-refractivity contribution >= 4 is 27.5 Å². The summed E-state index contributed by atoms with van der Waals surface area (Å²) in [6.07, 6.45) is -0.0725. The lowest BCUT2D eigenvalue weighted by Crippen LogP contribution is -2.43. The van der Waals surface area contributed by atoms with Crippen LogP contribution in [0.2, 0.25) is 0 Å². The summed E-state index contributed by atoms with van der Waals surface area (Å²) in [7, 11) is -3.77. The topological polar surface area (TPSA) is 110 Å². The molecule has 0 fully saturated rings. The molecule has 2 amide bonds. The SMILES string of the molecule is Cc1ccc(C(=O)Nc2ccc(Cn3nc(C)c(CC(=O)NS(=O)(=O)C(C)(C)C)c3C)cc2)cc1. The molecule has 3 aromatic rings. The predicted octanol–water partition coefficient (Wildman–Crippen LogP) is 3.90. The molecule has 0 bridgehead atoms. The van der Waals surface area contributed by atoms with Gasteiger partial charge in [-0.25, -0.2) is 8.42 Å². The van der Waals surface area contributed by atoms with E-state index in [2.05, 4.69) is 15.1 Å². The van der Waals surface area contributed by atoms with E-state index in [-0.39, 0.29) is 12.3 Å². The first-order chi connectivity index (χ1) is 16.3. The number of hydrogen-bond donors (Lipinski definition) is 2. The molecule has 35 heavy (non-hydrogen) atoms. The molecule has 0 aliphatic rings. The van der Waals surface area contributed by atoms with Crippen LogP contribution in [0.4, 0.5) is 5.69 Å². The lowest BCUT2D eigenvalue weighted by molar-refractivity contribution is -0.118. The molecule has 0 spiro atoms. The van der Waals surface area contributed by atoms with Crippen LogP contribution in [0.15, 0.2) is 48.5 Å². The van der Waals surface area contributed by atoms with Crippen LogP contribution in [-0.2, 0) is 27.8 Å². The fourth-order valence-corrected chi connectivity index (χ4v) is 4.10. The first-order valence-electron chi connectivity index (χ1n) is 11.3. The first-order valence-corrected chi connectivity index (χ1v) is 12.8. The van der Waals surface area contributed by atoms with E-state index >= 15 is 0 Å². The Morgan fingerprint density at radius 3 is 2.11 bits per heavy atom. The van der Waals surface area contributed by atoms with E-state index in [1.807, 2.05) is 50.2 Å². The van der Waals surface area contributed by atoms with Gasteiger partial charge in [-0.3, -0.25) is 19.0 Å². The van der Waals surface area contributed by atoms with Crippen molar-refractivity contribution in [2.75, 3.05) is 5.32 Å². The molecule has 0 saturated carbocycles. The van der Waals surface area contributed by atoms with Gasteiger partial charge in [0.2, 0.25) is 15.9 Å². The van der Waals surface area contributed by atoms with E-state index in [4.69, 9.17) is 0 Å². The van der Waals surface area contributed by atoms with Gasteiger partial charge in [-0.2, -0.15) is 5.10 Å². The third-order valence-corrected chi connectivity index (χ3v) is 7.89. The van der Waals surface area contributed by atoms with Gasteiger partial charge in [-0.15, -0.1) is 0 Å². The molecular weight excluding hydrogens is 464 g/mol. The summed E-state index contributed by atoms with van der Waals surface area (Å²) in [6, 6.07) is 14.8. The van der Waals surface area contributed by atoms with Gasteiger partial charge in [0, 0.05) is 22.5 Å². The maximum Gasteiger partial charge on any atom is 0.255 e. The summed E-state index contributed by atoms with van der Waals surface area (Å²) in [5, 5.41) is 7.43. The minimum absolute atomic E-state index is 0.0725. The highest BCUT2D eigenvalue weighted by Crippen LogP contribution is 2.19. The van der Waals surface area contributed by atoms with Crippen LogP contribution in [0, 0.1) is 20.8 Å². The van der Waals surface area contributed by atoms with Crippen molar-refractivity contribution in [3.05, 3.63) is 82.2 Å². The van der Waals surface area contributed by atoms with Gasteiger partial charge in [-0.1, -0.05) is 29.8 Å². The lowest BCUT2D eigenvalue weighted by atomic mass is 10.1. The zero-order valence-corrected chi connectivity index (χ0v) is 21.8.